The van der Waals surface area contributed by atoms with Crippen molar-refractivity contribution in [3.63, 3.8) is 0 Å². The molecule has 1 N–H and O–H groups in total. The molecule has 1 unspecified atom stereocenters. The first-order valence-corrected chi connectivity index (χ1v) is 6.57. The molecule has 1 saturated carbocycles. The molecular weight excluding hydrogens is 240 g/mol. The van der Waals surface area contributed by atoms with E-state index in [9.17, 15) is 0 Å². The van der Waals surface area contributed by atoms with Crippen LogP contribution in [-0.2, 0) is 4.74 Å². The third-order valence-corrected chi connectivity index (χ3v) is 3.44. The lowest BCUT2D eigenvalue weighted by molar-refractivity contribution is 0.179. The smallest absolute Gasteiger partial charge is 0.138 e. The fraction of sp³-hybridized carbons (Fsp3) is 0.429. The van der Waals surface area contributed by atoms with Gasteiger partial charge in [0.05, 0.1) is 18.3 Å². The summed E-state index contributed by atoms with van der Waals surface area (Å²) in [5.74, 6) is 0.759. The minimum Gasteiger partial charge on any atom is -0.383 e. The zero-order chi connectivity index (χ0) is 13.1. The Morgan fingerprint density at radius 3 is 2.74 bits per heavy atom. The highest BCUT2D eigenvalue weighted by Crippen LogP contribution is 2.34. The Kier molecular flexibility index (Phi) is 3.46. The molecule has 1 atom stereocenters. The highest BCUT2D eigenvalue weighted by Gasteiger charge is 2.30. The van der Waals surface area contributed by atoms with Crippen molar-refractivity contribution in [3.05, 3.63) is 36.9 Å². The minimum atomic E-state index is 0.419. The normalized spacial score (nSPS) is 16.3. The molecule has 2 aromatic rings. The summed E-state index contributed by atoms with van der Waals surface area (Å²) >= 11 is 0. The van der Waals surface area contributed by atoms with Crippen molar-refractivity contribution in [3.8, 4) is 5.69 Å². The molecule has 1 aliphatic carbocycles. The summed E-state index contributed by atoms with van der Waals surface area (Å²) < 4.78 is 7.02. The van der Waals surface area contributed by atoms with Crippen molar-refractivity contribution in [2.45, 2.75) is 18.9 Å². The van der Waals surface area contributed by atoms with Gasteiger partial charge in [-0.25, -0.2) is 9.67 Å². The Morgan fingerprint density at radius 2 is 2.16 bits per heavy atom. The highest BCUT2D eigenvalue weighted by atomic mass is 16.5. The Bertz CT molecular complexity index is 505. The van der Waals surface area contributed by atoms with Gasteiger partial charge in [-0.05, 0) is 43.0 Å². The van der Waals surface area contributed by atoms with E-state index in [-0.39, 0.29) is 0 Å². The van der Waals surface area contributed by atoms with E-state index in [1.165, 1.54) is 19.2 Å². The molecule has 1 aromatic heterocycles. The third-order valence-electron chi connectivity index (χ3n) is 3.44. The Hall–Kier alpha value is -1.88. The molecule has 0 amide bonds. The van der Waals surface area contributed by atoms with E-state index in [2.05, 4.69) is 27.5 Å². The van der Waals surface area contributed by atoms with Crippen LogP contribution in [0.1, 0.15) is 12.8 Å². The van der Waals surface area contributed by atoms with Gasteiger partial charge in [0, 0.05) is 12.8 Å². The topological polar surface area (TPSA) is 52.0 Å². The molecular formula is C14H18N4O. The first-order valence-electron chi connectivity index (χ1n) is 6.57. The first-order chi connectivity index (χ1) is 9.36. The van der Waals surface area contributed by atoms with Crippen LogP contribution in [0.4, 0.5) is 5.69 Å². The van der Waals surface area contributed by atoms with E-state index in [1.54, 1.807) is 18.1 Å². The molecule has 3 rings (SSSR count). The largest absolute Gasteiger partial charge is 0.383 e. The second-order valence-electron chi connectivity index (χ2n) is 4.93. The number of hydrogen-bond donors (Lipinski definition) is 1. The average Bonchev–Trinajstić information content (AvgIpc) is 3.14. The fourth-order valence-electron chi connectivity index (χ4n) is 2.24. The summed E-state index contributed by atoms with van der Waals surface area (Å²) in [5, 5.41) is 7.65. The zero-order valence-corrected chi connectivity index (χ0v) is 11.0. The highest BCUT2D eigenvalue weighted by molar-refractivity contribution is 5.49. The summed E-state index contributed by atoms with van der Waals surface area (Å²) in [6, 6.07) is 8.63. The standard InChI is InChI=1S/C14H18N4O/c1-19-8-14(11-2-3-11)17-12-4-6-13(7-5-12)18-10-15-9-16-18/h4-7,9-11,14,17H,2-3,8H2,1H3. The van der Waals surface area contributed by atoms with Gasteiger partial charge in [-0.1, -0.05) is 0 Å². The van der Waals surface area contributed by atoms with E-state index in [0.29, 0.717) is 6.04 Å². The van der Waals surface area contributed by atoms with Crippen molar-refractivity contribution in [2.24, 2.45) is 5.92 Å². The molecule has 1 heterocycles. The van der Waals surface area contributed by atoms with Crippen LogP contribution in [0.5, 0.6) is 0 Å². The molecule has 19 heavy (non-hydrogen) atoms. The number of methoxy groups -OCH3 is 1. The molecule has 0 saturated heterocycles. The summed E-state index contributed by atoms with van der Waals surface area (Å²) in [4.78, 5) is 3.94. The monoisotopic (exact) mass is 258 g/mol. The lowest BCUT2D eigenvalue weighted by atomic mass is 10.2. The van der Waals surface area contributed by atoms with Gasteiger partial charge in [0.25, 0.3) is 0 Å². The molecule has 0 bridgehead atoms. The summed E-state index contributed by atoms with van der Waals surface area (Å²) in [5.41, 5.74) is 2.13. The van der Waals surface area contributed by atoms with Crippen LogP contribution in [0.25, 0.3) is 5.69 Å². The molecule has 5 heteroatoms. The maximum atomic E-state index is 5.28. The van der Waals surface area contributed by atoms with Gasteiger partial charge in [-0.2, -0.15) is 5.10 Å². The number of aromatic nitrogens is 3. The van der Waals surface area contributed by atoms with Crippen molar-refractivity contribution < 1.29 is 4.74 Å². The van der Waals surface area contributed by atoms with E-state index in [4.69, 9.17) is 4.74 Å². The van der Waals surface area contributed by atoms with Gasteiger partial charge in [0.2, 0.25) is 0 Å². The van der Waals surface area contributed by atoms with Gasteiger partial charge in [0.15, 0.2) is 0 Å². The molecule has 1 aliphatic rings. The van der Waals surface area contributed by atoms with Gasteiger partial charge >= 0.3 is 0 Å². The number of anilines is 1. The predicted molar refractivity (Wildman–Crippen MR) is 73.4 cm³/mol. The zero-order valence-electron chi connectivity index (χ0n) is 11.0. The second kappa shape index (κ2) is 5.40. The quantitative estimate of drug-likeness (QED) is 0.862. The van der Waals surface area contributed by atoms with E-state index >= 15 is 0 Å². The molecule has 0 spiro atoms. The second-order valence-corrected chi connectivity index (χ2v) is 4.93. The third kappa shape index (κ3) is 2.93. The van der Waals surface area contributed by atoms with E-state index in [0.717, 1.165) is 23.9 Å². The Labute approximate surface area is 112 Å². The minimum absolute atomic E-state index is 0.419. The summed E-state index contributed by atoms with van der Waals surface area (Å²) in [7, 11) is 1.75. The Balaban J connectivity index is 1.68. The van der Waals surface area contributed by atoms with Crippen LogP contribution in [0, 0.1) is 5.92 Å². The van der Waals surface area contributed by atoms with Crippen molar-refractivity contribution in [2.75, 3.05) is 19.0 Å². The number of rotatable bonds is 6. The van der Waals surface area contributed by atoms with Crippen LogP contribution < -0.4 is 5.32 Å². The number of hydrogen-bond acceptors (Lipinski definition) is 4. The molecule has 0 aliphatic heterocycles. The first kappa shape index (κ1) is 12.2. The van der Waals surface area contributed by atoms with Crippen LogP contribution in [0.2, 0.25) is 0 Å². The average molecular weight is 258 g/mol. The molecule has 1 fully saturated rings. The Morgan fingerprint density at radius 1 is 1.37 bits per heavy atom. The van der Waals surface area contributed by atoms with Crippen molar-refractivity contribution >= 4 is 5.69 Å². The molecule has 0 radical (unpaired) electrons. The van der Waals surface area contributed by atoms with Crippen LogP contribution in [-0.4, -0.2) is 34.5 Å². The van der Waals surface area contributed by atoms with Crippen LogP contribution >= 0.6 is 0 Å². The molecule has 1 aromatic carbocycles. The van der Waals surface area contributed by atoms with Gasteiger partial charge < -0.3 is 10.1 Å². The van der Waals surface area contributed by atoms with Crippen molar-refractivity contribution in [1.82, 2.24) is 14.8 Å². The van der Waals surface area contributed by atoms with Crippen LogP contribution in [0.15, 0.2) is 36.9 Å². The number of nitrogens with one attached hydrogen (secondary N) is 1. The fourth-order valence-corrected chi connectivity index (χ4v) is 2.24. The molecule has 100 valence electrons. The lowest BCUT2D eigenvalue weighted by Gasteiger charge is -2.18. The number of benzene rings is 1. The van der Waals surface area contributed by atoms with E-state index in [1.807, 2.05) is 12.1 Å². The van der Waals surface area contributed by atoms with Gasteiger partial charge in [-0.3, -0.25) is 0 Å². The predicted octanol–water partition coefficient (Wildman–Crippen LogP) is 2.10. The van der Waals surface area contributed by atoms with Gasteiger partial charge in [-0.15, -0.1) is 0 Å². The lowest BCUT2D eigenvalue weighted by Crippen LogP contribution is -2.27. The SMILES string of the molecule is COCC(Nc1ccc(-n2cncn2)cc1)C1CC1. The maximum absolute atomic E-state index is 5.28. The number of ether oxygens (including phenoxy) is 1. The summed E-state index contributed by atoms with van der Waals surface area (Å²) in [6.45, 7) is 0.759. The van der Waals surface area contributed by atoms with Crippen LogP contribution in [0.3, 0.4) is 0 Å². The number of nitrogens with zero attached hydrogens (tertiary/aromatic N) is 3. The van der Waals surface area contributed by atoms with Crippen molar-refractivity contribution in [1.29, 1.82) is 0 Å². The maximum Gasteiger partial charge on any atom is 0.138 e. The van der Waals surface area contributed by atoms with E-state index < -0.39 is 0 Å². The van der Waals surface area contributed by atoms with Gasteiger partial charge in [0.1, 0.15) is 12.7 Å². The molecule has 5 nitrogen and oxygen atoms in total. The summed E-state index contributed by atoms with van der Waals surface area (Å²) in [6.07, 6.45) is 5.84.